The summed E-state index contributed by atoms with van der Waals surface area (Å²) in [5.74, 6) is -0.0861. The Morgan fingerprint density at radius 1 is 1.28 bits per heavy atom. The number of aryl methyl sites for hydroxylation is 2. The number of amides is 1. The van der Waals surface area contributed by atoms with Crippen LogP contribution >= 0.6 is 0 Å². The lowest BCUT2D eigenvalue weighted by Crippen LogP contribution is -2.16. The van der Waals surface area contributed by atoms with E-state index in [2.05, 4.69) is 15.4 Å². The van der Waals surface area contributed by atoms with Crippen LogP contribution < -0.4 is 5.32 Å². The molecule has 0 aliphatic heterocycles. The Bertz CT molecular complexity index is 973. The fourth-order valence-electron chi connectivity index (χ4n) is 2.77. The van der Waals surface area contributed by atoms with E-state index in [0.717, 1.165) is 27.8 Å². The molecule has 128 valence electrons. The van der Waals surface area contributed by atoms with E-state index < -0.39 is 0 Å². The second-order valence-electron chi connectivity index (χ2n) is 5.91. The molecule has 0 spiro atoms. The average molecular weight is 336 g/mol. The topological polar surface area (TPSA) is 79.5 Å². The molecule has 0 aliphatic carbocycles. The Balaban J connectivity index is 1.75. The van der Waals surface area contributed by atoms with E-state index in [-0.39, 0.29) is 18.2 Å². The molecule has 2 N–H and O–H groups in total. The maximum atomic E-state index is 12.1. The van der Waals surface area contributed by atoms with Gasteiger partial charge in [0.25, 0.3) is 0 Å². The van der Waals surface area contributed by atoms with Crippen molar-refractivity contribution < 1.29 is 9.90 Å². The highest BCUT2D eigenvalue weighted by Gasteiger charge is 2.12. The van der Waals surface area contributed by atoms with Gasteiger partial charge < -0.3 is 10.4 Å². The normalized spacial score (nSPS) is 11.3. The van der Waals surface area contributed by atoms with Gasteiger partial charge in [-0.25, -0.2) is 0 Å². The summed E-state index contributed by atoms with van der Waals surface area (Å²) >= 11 is 0. The number of aromatic nitrogens is 2. The van der Waals surface area contributed by atoms with E-state index >= 15 is 0 Å². The minimum atomic E-state index is -0.227. The fourth-order valence-corrected chi connectivity index (χ4v) is 2.77. The van der Waals surface area contributed by atoms with Gasteiger partial charge >= 0.3 is 0 Å². The SMILES string of the molecule is Cc1nn(C)c(C)c1NC(=O)CN=Cc1c(O)ccc2ccccc12. The van der Waals surface area contributed by atoms with Gasteiger partial charge in [-0.2, -0.15) is 5.10 Å². The van der Waals surface area contributed by atoms with Gasteiger partial charge in [0, 0.05) is 18.8 Å². The number of aromatic hydroxyl groups is 1. The third kappa shape index (κ3) is 3.38. The molecule has 1 amide bonds. The third-order valence-electron chi connectivity index (χ3n) is 4.18. The van der Waals surface area contributed by atoms with E-state index in [4.69, 9.17) is 0 Å². The van der Waals surface area contributed by atoms with Gasteiger partial charge in [-0.15, -0.1) is 0 Å². The van der Waals surface area contributed by atoms with Gasteiger partial charge in [0.2, 0.25) is 5.91 Å². The Kier molecular flexibility index (Phi) is 4.52. The van der Waals surface area contributed by atoms with Crippen LogP contribution in [-0.4, -0.2) is 33.6 Å². The molecule has 0 unspecified atom stereocenters. The van der Waals surface area contributed by atoms with Gasteiger partial charge in [-0.3, -0.25) is 14.5 Å². The molecule has 6 heteroatoms. The summed E-state index contributed by atoms with van der Waals surface area (Å²) in [4.78, 5) is 16.3. The highest BCUT2D eigenvalue weighted by Crippen LogP contribution is 2.25. The lowest BCUT2D eigenvalue weighted by atomic mass is 10.0. The summed E-state index contributed by atoms with van der Waals surface area (Å²) in [5, 5.41) is 19.1. The molecular formula is C19H20N4O2. The van der Waals surface area contributed by atoms with Crippen LogP contribution in [-0.2, 0) is 11.8 Å². The number of anilines is 1. The van der Waals surface area contributed by atoms with Crippen LogP contribution in [0.2, 0.25) is 0 Å². The number of carbonyl (C=O) groups is 1. The Hall–Kier alpha value is -3.15. The highest BCUT2D eigenvalue weighted by molar-refractivity contribution is 6.03. The number of aliphatic imine (C=N–C) groups is 1. The molecule has 1 aromatic heterocycles. The zero-order valence-corrected chi connectivity index (χ0v) is 14.4. The minimum Gasteiger partial charge on any atom is -0.507 e. The van der Waals surface area contributed by atoms with Crippen LogP contribution in [0.3, 0.4) is 0 Å². The lowest BCUT2D eigenvalue weighted by Gasteiger charge is -2.05. The predicted octanol–water partition coefficient (Wildman–Crippen LogP) is 2.95. The van der Waals surface area contributed by atoms with Crippen molar-refractivity contribution in [2.24, 2.45) is 12.0 Å². The molecule has 0 saturated carbocycles. The van der Waals surface area contributed by atoms with Crippen LogP contribution in [0.1, 0.15) is 17.0 Å². The number of carbonyl (C=O) groups excluding carboxylic acids is 1. The first kappa shape index (κ1) is 16.7. The zero-order chi connectivity index (χ0) is 18.0. The zero-order valence-electron chi connectivity index (χ0n) is 14.4. The summed E-state index contributed by atoms with van der Waals surface area (Å²) < 4.78 is 1.72. The third-order valence-corrected chi connectivity index (χ3v) is 4.18. The fraction of sp³-hybridized carbons (Fsp3) is 0.211. The minimum absolute atomic E-state index is 0.0313. The molecule has 2 aromatic carbocycles. The van der Waals surface area contributed by atoms with Crippen LogP contribution in [0.5, 0.6) is 5.75 Å². The summed E-state index contributed by atoms with van der Waals surface area (Å²) in [6.45, 7) is 3.71. The van der Waals surface area contributed by atoms with Gasteiger partial charge in [0.15, 0.2) is 0 Å². The number of nitrogens with zero attached hydrogens (tertiary/aromatic N) is 3. The molecule has 0 radical (unpaired) electrons. The Morgan fingerprint density at radius 2 is 2.04 bits per heavy atom. The molecule has 0 bridgehead atoms. The van der Waals surface area contributed by atoms with Crippen molar-refractivity contribution in [1.82, 2.24) is 9.78 Å². The van der Waals surface area contributed by atoms with E-state index in [1.165, 1.54) is 0 Å². The number of hydrogen-bond donors (Lipinski definition) is 2. The smallest absolute Gasteiger partial charge is 0.246 e. The van der Waals surface area contributed by atoms with Crippen LogP contribution in [0.25, 0.3) is 10.8 Å². The van der Waals surface area contributed by atoms with E-state index in [1.54, 1.807) is 17.0 Å². The Morgan fingerprint density at radius 3 is 2.76 bits per heavy atom. The number of rotatable bonds is 4. The molecule has 0 fully saturated rings. The average Bonchev–Trinajstić information content (AvgIpc) is 2.83. The highest BCUT2D eigenvalue weighted by atomic mass is 16.3. The molecule has 3 aromatic rings. The molecule has 25 heavy (non-hydrogen) atoms. The van der Waals surface area contributed by atoms with E-state index in [0.29, 0.717) is 5.56 Å². The number of fused-ring (bicyclic) bond motifs is 1. The van der Waals surface area contributed by atoms with Crippen molar-refractivity contribution in [2.45, 2.75) is 13.8 Å². The maximum Gasteiger partial charge on any atom is 0.246 e. The maximum absolute atomic E-state index is 12.1. The molecule has 0 aliphatic rings. The first-order chi connectivity index (χ1) is 12.0. The molecule has 1 heterocycles. The van der Waals surface area contributed by atoms with Crippen molar-refractivity contribution in [1.29, 1.82) is 0 Å². The number of nitrogens with one attached hydrogen (secondary N) is 1. The molecule has 6 nitrogen and oxygen atoms in total. The van der Waals surface area contributed by atoms with Crippen molar-refractivity contribution in [3.8, 4) is 5.75 Å². The van der Waals surface area contributed by atoms with Gasteiger partial charge in [0.05, 0.1) is 17.1 Å². The number of phenols is 1. The number of hydrogen-bond acceptors (Lipinski definition) is 4. The first-order valence-corrected chi connectivity index (χ1v) is 7.98. The van der Waals surface area contributed by atoms with Crippen LogP contribution in [0.15, 0.2) is 41.4 Å². The number of phenolic OH excluding ortho intramolecular Hbond substituents is 1. The lowest BCUT2D eigenvalue weighted by molar-refractivity contribution is -0.114. The Labute approximate surface area is 145 Å². The summed E-state index contributed by atoms with van der Waals surface area (Å²) in [7, 11) is 1.83. The summed E-state index contributed by atoms with van der Waals surface area (Å²) in [6.07, 6.45) is 1.54. The van der Waals surface area contributed by atoms with Crippen LogP contribution in [0, 0.1) is 13.8 Å². The second kappa shape index (κ2) is 6.76. The van der Waals surface area contributed by atoms with Crippen LogP contribution in [0.4, 0.5) is 5.69 Å². The molecule has 0 saturated heterocycles. The summed E-state index contributed by atoms with van der Waals surface area (Å²) in [6, 6.07) is 11.2. The molecule has 0 atom stereocenters. The summed E-state index contributed by atoms with van der Waals surface area (Å²) in [5.41, 5.74) is 2.99. The molecular weight excluding hydrogens is 316 g/mol. The van der Waals surface area contributed by atoms with Crippen molar-refractivity contribution in [2.75, 3.05) is 11.9 Å². The quantitative estimate of drug-likeness (QED) is 0.719. The van der Waals surface area contributed by atoms with Gasteiger partial charge in [-0.1, -0.05) is 30.3 Å². The standard InChI is InChI=1S/C19H20N4O2/c1-12-19(13(2)23(3)22-12)21-18(25)11-20-10-16-15-7-5-4-6-14(15)8-9-17(16)24/h4-10,24H,11H2,1-3H3,(H,21,25). The largest absolute Gasteiger partial charge is 0.507 e. The van der Waals surface area contributed by atoms with Crippen molar-refractivity contribution >= 4 is 28.6 Å². The predicted molar refractivity (Wildman–Crippen MR) is 99.4 cm³/mol. The van der Waals surface area contributed by atoms with Crippen molar-refractivity contribution in [3.05, 3.63) is 53.3 Å². The second-order valence-corrected chi connectivity index (χ2v) is 5.91. The van der Waals surface area contributed by atoms with E-state index in [1.807, 2.05) is 51.2 Å². The van der Waals surface area contributed by atoms with Gasteiger partial charge in [0.1, 0.15) is 12.3 Å². The van der Waals surface area contributed by atoms with Gasteiger partial charge in [-0.05, 0) is 30.7 Å². The number of benzene rings is 2. The van der Waals surface area contributed by atoms with E-state index in [9.17, 15) is 9.90 Å². The van der Waals surface area contributed by atoms with Crippen molar-refractivity contribution in [3.63, 3.8) is 0 Å². The first-order valence-electron chi connectivity index (χ1n) is 7.98. The molecule has 3 rings (SSSR count). The monoisotopic (exact) mass is 336 g/mol.